The van der Waals surface area contributed by atoms with Crippen molar-refractivity contribution in [2.45, 2.75) is 25.1 Å². The van der Waals surface area contributed by atoms with Crippen LogP contribution in [0.5, 0.6) is 0 Å². The zero-order valence-corrected chi connectivity index (χ0v) is 16.6. The summed E-state index contributed by atoms with van der Waals surface area (Å²) in [5.41, 5.74) is 5.67. The van der Waals surface area contributed by atoms with Crippen LogP contribution in [0.15, 0.2) is 54.5 Å². The Hall–Kier alpha value is -2.86. The minimum atomic E-state index is 0.0683. The Labute approximate surface area is 168 Å². The van der Waals surface area contributed by atoms with Crippen LogP contribution < -0.4 is 4.90 Å². The molecule has 6 nitrogen and oxygen atoms in total. The van der Waals surface area contributed by atoms with Gasteiger partial charge in [-0.2, -0.15) is 5.10 Å². The number of aromatic nitrogens is 5. The van der Waals surface area contributed by atoms with Crippen LogP contribution in [0.25, 0.3) is 16.8 Å². The van der Waals surface area contributed by atoms with Gasteiger partial charge in [-0.15, -0.1) is 21.8 Å². The first-order valence-corrected chi connectivity index (χ1v) is 9.88. The molecule has 2 aromatic heterocycles. The van der Waals surface area contributed by atoms with Gasteiger partial charge in [-0.05, 0) is 37.1 Å². The van der Waals surface area contributed by atoms with E-state index in [0.717, 1.165) is 53.5 Å². The molecule has 28 heavy (non-hydrogen) atoms. The van der Waals surface area contributed by atoms with Crippen molar-refractivity contribution in [3.63, 3.8) is 0 Å². The standard InChI is InChI=1S/C21H21ClN6/c1-14-24-25-21-9-10-27(18-6-4-17(22)5-7-18)20-11-15(3-8-19(20)28(14)21)16-12-23-26(2)13-16/h3-4,6-8,11-13,17H,5,9-10H2,1-2H3. The van der Waals surface area contributed by atoms with Gasteiger partial charge in [-0.25, -0.2) is 0 Å². The topological polar surface area (TPSA) is 51.8 Å². The lowest BCUT2D eigenvalue weighted by atomic mass is 10.1. The van der Waals surface area contributed by atoms with Crippen LogP contribution in [0.3, 0.4) is 0 Å². The van der Waals surface area contributed by atoms with E-state index in [1.165, 1.54) is 5.70 Å². The van der Waals surface area contributed by atoms with Crippen molar-refractivity contribution in [2.75, 3.05) is 11.4 Å². The van der Waals surface area contributed by atoms with E-state index in [1.54, 1.807) is 0 Å². The predicted molar refractivity (Wildman–Crippen MR) is 111 cm³/mol. The van der Waals surface area contributed by atoms with Crippen LogP contribution in [0, 0.1) is 6.92 Å². The number of alkyl halides is 1. The summed E-state index contributed by atoms with van der Waals surface area (Å²) in [5, 5.41) is 13.1. The van der Waals surface area contributed by atoms with Gasteiger partial charge in [0, 0.05) is 37.5 Å². The minimum Gasteiger partial charge on any atom is -0.340 e. The quantitative estimate of drug-likeness (QED) is 0.622. The molecule has 2 aliphatic rings. The van der Waals surface area contributed by atoms with E-state index >= 15 is 0 Å². The van der Waals surface area contributed by atoms with E-state index in [-0.39, 0.29) is 5.38 Å². The minimum absolute atomic E-state index is 0.0683. The molecule has 0 amide bonds. The van der Waals surface area contributed by atoms with Crippen molar-refractivity contribution in [1.82, 2.24) is 24.5 Å². The molecule has 1 aromatic carbocycles. The van der Waals surface area contributed by atoms with Gasteiger partial charge in [0.2, 0.25) is 0 Å². The highest BCUT2D eigenvalue weighted by molar-refractivity contribution is 6.22. The van der Waals surface area contributed by atoms with E-state index in [0.29, 0.717) is 0 Å². The van der Waals surface area contributed by atoms with Gasteiger partial charge in [0.1, 0.15) is 11.6 Å². The summed E-state index contributed by atoms with van der Waals surface area (Å²) in [6.07, 6.45) is 12.0. The van der Waals surface area contributed by atoms with Crippen LogP contribution in [-0.4, -0.2) is 36.5 Å². The van der Waals surface area contributed by atoms with Crippen LogP contribution in [-0.2, 0) is 13.5 Å². The van der Waals surface area contributed by atoms with Crippen molar-refractivity contribution in [3.05, 3.63) is 66.2 Å². The number of rotatable bonds is 2. The van der Waals surface area contributed by atoms with Gasteiger partial charge in [0.05, 0.1) is 22.9 Å². The van der Waals surface area contributed by atoms with Crippen LogP contribution in [0.2, 0.25) is 0 Å². The summed E-state index contributed by atoms with van der Waals surface area (Å²) in [6, 6.07) is 6.54. The number of nitrogens with zero attached hydrogens (tertiary/aromatic N) is 6. The number of allylic oxidation sites excluding steroid dienone is 3. The van der Waals surface area contributed by atoms with Crippen molar-refractivity contribution < 1.29 is 0 Å². The SMILES string of the molecule is Cc1nnc2n1-c1ccc(-c3cnn(C)c3)cc1N(C1=CCC(Cl)C=C1)CC2. The van der Waals surface area contributed by atoms with Gasteiger partial charge in [-0.1, -0.05) is 18.2 Å². The molecular formula is C21H21ClN6. The fourth-order valence-electron chi connectivity index (χ4n) is 3.94. The molecule has 1 aliphatic carbocycles. The number of hydrogen-bond acceptors (Lipinski definition) is 4. The fourth-order valence-corrected chi connectivity index (χ4v) is 4.11. The second-order valence-corrected chi connectivity index (χ2v) is 7.81. The first-order valence-electron chi connectivity index (χ1n) is 9.44. The summed E-state index contributed by atoms with van der Waals surface area (Å²) in [6.45, 7) is 2.84. The zero-order valence-electron chi connectivity index (χ0n) is 15.9. The third-order valence-corrected chi connectivity index (χ3v) is 5.66. The Morgan fingerprint density at radius 1 is 1.14 bits per heavy atom. The largest absolute Gasteiger partial charge is 0.340 e. The summed E-state index contributed by atoms with van der Waals surface area (Å²) >= 11 is 6.26. The molecule has 0 bridgehead atoms. The maximum Gasteiger partial charge on any atom is 0.139 e. The molecule has 0 spiro atoms. The molecule has 1 unspecified atom stereocenters. The summed E-state index contributed by atoms with van der Waals surface area (Å²) in [7, 11) is 1.94. The van der Waals surface area contributed by atoms with E-state index in [4.69, 9.17) is 11.6 Å². The molecule has 1 aliphatic heterocycles. The third kappa shape index (κ3) is 2.85. The number of fused-ring (bicyclic) bond motifs is 3. The van der Waals surface area contributed by atoms with Gasteiger partial charge in [-0.3, -0.25) is 9.25 Å². The monoisotopic (exact) mass is 392 g/mol. The Balaban J connectivity index is 1.68. The molecular weight excluding hydrogens is 372 g/mol. The second-order valence-electron chi connectivity index (χ2n) is 7.25. The van der Waals surface area contributed by atoms with E-state index in [2.05, 4.69) is 61.2 Å². The van der Waals surface area contributed by atoms with Gasteiger partial charge < -0.3 is 4.90 Å². The summed E-state index contributed by atoms with van der Waals surface area (Å²) < 4.78 is 3.99. The van der Waals surface area contributed by atoms with Gasteiger partial charge >= 0.3 is 0 Å². The highest BCUT2D eigenvalue weighted by Crippen LogP contribution is 2.36. The Bertz CT molecular complexity index is 1110. The molecule has 0 N–H and O–H groups in total. The maximum absolute atomic E-state index is 6.26. The molecule has 1 atom stereocenters. The number of hydrogen-bond donors (Lipinski definition) is 0. The molecule has 0 saturated heterocycles. The lowest BCUT2D eigenvalue weighted by Gasteiger charge is -2.28. The maximum atomic E-state index is 6.26. The predicted octanol–water partition coefficient (Wildman–Crippen LogP) is 3.79. The van der Waals surface area contributed by atoms with E-state index in [1.807, 2.05) is 31.0 Å². The van der Waals surface area contributed by atoms with Crippen molar-refractivity contribution in [3.8, 4) is 16.8 Å². The highest BCUT2D eigenvalue weighted by Gasteiger charge is 2.25. The molecule has 5 rings (SSSR count). The highest BCUT2D eigenvalue weighted by atomic mass is 35.5. The smallest absolute Gasteiger partial charge is 0.139 e. The first kappa shape index (κ1) is 17.3. The van der Waals surface area contributed by atoms with E-state index < -0.39 is 0 Å². The zero-order chi connectivity index (χ0) is 19.3. The molecule has 0 radical (unpaired) electrons. The Morgan fingerprint density at radius 3 is 2.79 bits per heavy atom. The number of benzene rings is 1. The second kappa shape index (κ2) is 6.63. The fraction of sp³-hybridized carbons (Fsp3) is 0.286. The average Bonchev–Trinajstić information content (AvgIpc) is 3.24. The van der Waals surface area contributed by atoms with Crippen LogP contribution >= 0.6 is 11.6 Å². The molecule has 142 valence electrons. The molecule has 3 heterocycles. The molecule has 0 saturated carbocycles. The first-order chi connectivity index (χ1) is 13.6. The van der Waals surface area contributed by atoms with Crippen LogP contribution in [0.4, 0.5) is 5.69 Å². The average molecular weight is 393 g/mol. The van der Waals surface area contributed by atoms with Crippen LogP contribution in [0.1, 0.15) is 18.1 Å². The Kier molecular flexibility index (Phi) is 4.09. The third-order valence-electron chi connectivity index (χ3n) is 5.34. The van der Waals surface area contributed by atoms with Crippen molar-refractivity contribution in [2.24, 2.45) is 7.05 Å². The van der Waals surface area contributed by atoms with Crippen molar-refractivity contribution >= 4 is 17.3 Å². The lowest BCUT2D eigenvalue weighted by Crippen LogP contribution is -2.25. The number of aryl methyl sites for hydroxylation is 2. The molecule has 3 aromatic rings. The van der Waals surface area contributed by atoms with E-state index in [9.17, 15) is 0 Å². The molecule has 7 heteroatoms. The number of anilines is 1. The summed E-state index contributed by atoms with van der Waals surface area (Å²) in [5.74, 6) is 1.90. The van der Waals surface area contributed by atoms with Gasteiger partial charge in [0.15, 0.2) is 0 Å². The normalized spacial score (nSPS) is 18.5. The Morgan fingerprint density at radius 2 is 2.04 bits per heavy atom. The lowest BCUT2D eigenvalue weighted by molar-refractivity contribution is 0.768. The number of halogens is 1. The van der Waals surface area contributed by atoms with Crippen molar-refractivity contribution in [1.29, 1.82) is 0 Å². The van der Waals surface area contributed by atoms with Gasteiger partial charge in [0.25, 0.3) is 0 Å². The molecule has 0 fully saturated rings. The summed E-state index contributed by atoms with van der Waals surface area (Å²) in [4.78, 5) is 2.36.